The normalized spacial score (nSPS) is 10.3. The average Bonchev–Trinajstić information content (AvgIpc) is 2.43. The summed E-state index contributed by atoms with van der Waals surface area (Å²) in [5.74, 6) is -1.14. The van der Waals surface area contributed by atoms with Crippen LogP contribution in [0.15, 0.2) is 35.1 Å². The number of nitrogens with zero attached hydrogens (tertiary/aromatic N) is 3. The predicted molar refractivity (Wildman–Crippen MR) is 72.9 cm³/mol. The number of hydrogen-bond acceptors (Lipinski definition) is 5. The van der Waals surface area contributed by atoms with Gasteiger partial charge in [0.15, 0.2) is 0 Å². The fourth-order valence-electron chi connectivity index (χ4n) is 1.88. The smallest absolute Gasteiger partial charge is 0.308 e. The Labute approximate surface area is 118 Å². The van der Waals surface area contributed by atoms with Gasteiger partial charge >= 0.3 is 5.97 Å². The minimum absolute atomic E-state index is 0.0708. The highest BCUT2D eigenvalue weighted by Crippen LogP contribution is 2.22. The highest BCUT2D eigenvalue weighted by molar-refractivity contribution is 5.71. The first-order valence-corrected chi connectivity index (χ1v) is 5.92. The van der Waals surface area contributed by atoms with Crippen LogP contribution in [0.4, 0.5) is 5.69 Å². The molecule has 0 amide bonds. The molecule has 0 radical (unpaired) electrons. The molecule has 1 aromatic heterocycles. The van der Waals surface area contributed by atoms with Crippen molar-refractivity contribution in [2.45, 2.75) is 6.42 Å². The predicted octanol–water partition coefficient (Wildman–Crippen LogP) is 0.983. The molecule has 0 atom stereocenters. The Bertz CT molecular complexity index is 782. The minimum Gasteiger partial charge on any atom is -0.481 e. The molecule has 0 saturated carbocycles. The van der Waals surface area contributed by atoms with E-state index in [-0.39, 0.29) is 11.3 Å². The van der Waals surface area contributed by atoms with Gasteiger partial charge in [-0.05, 0) is 6.07 Å². The van der Waals surface area contributed by atoms with E-state index in [9.17, 15) is 19.7 Å². The van der Waals surface area contributed by atoms with E-state index >= 15 is 0 Å². The van der Waals surface area contributed by atoms with E-state index in [2.05, 4.69) is 5.10 Å². The van der Waals surface area contributed by atoms with E-state index in [1.165, 1.54) is 31.3 Å². The molecule has 0 aliphatic carbocycles. The molecule has 0 fully saturated rings. The van der Waals surface area contributed by atoms with Gasteiger partial charge in [-0.15, -0.1) is 0 Å². The number of nitro benzene ring substituents is 1. The van der Waals surface area contributed by atoms with Crippen LogP contribution >= 0.6 is 0 Å². The first kappa shape index (κ1) is 14.4. The molecule has 1 heterocycles. The maximum Gasteiger partial charge on any atom is 0.308 e. The Morgan fingerprint density at radius 2 is 2.14 bits per heavy atom. The molecule has 1 aromatic carbocycles. The summed E-state index contributed by atoms with van der Waals surface area (Å²) in [7, 11) is 1.40. The number of benzene rings is 1. The molecule has 2 rings (SSSR count). The van der Waals surface area contributed by atoms with Crippen LogP contribution in [-0.4, -0.2) is 25.8 Å². The van der Waals surface area contributed by atoms with Crippen molar-refractivity contribution in [2.75, 3.05) is 0 Å². The maximum atomic E-state index is 11.8. The largest absolute Gasteiger partial charge is 0.481 e. The molecule has 0 unspecified atom stereocenters. The lowest BCUT2D eigenvalue weighted by Gasteiger charge is -2.06. The summed E-state index contributed by atoms with van der Waals surface area (Å²) in [6.45, 7) is 0. The minimum atomic E-state index is -1.14. The second-order valence-corrected chi connectivity index (χ2v) is 4.36. The number of aromatic nitrogens is 2. The Morgan fingerprint density at radius 1 is 1.43 bits per heavy atom. The van der Waals surface area contributed by atoms with Crippen molar-refractivity contribution in [1.29, 1.82) is 0 Å². The van der Waals surface area contributed by atoms with Gasteiger partial charge in [0, 0.05) is 30.3 Å². The summed E-state index contributed by atoms with van der Waals surface area (Å²) < 4.78 is 1.02. The van der Waals surface area contributed by atoms with Crippen molar-refractivity contribution in [3.05, 3.63) is 56.4 Å². The van der Waals surface area contributed by atoms with E-state index < -0.39 is 22.9 Å². The van der Waals surface area contributed by atoms with Gasteiger partial charge in [-0.1, -0.05) is 12.1 Å². The summed E-state index contributed by atoms with van der Waals surface area (Å²) in [5.41, 5.74) is 0.194. The standard InChI is InChI=1S/C13H11N3O5/c1-15-13(19)9(7-12(17)18)6-11(14-15)8-3-2-4-10(5-8)16(20)21/h2-6H,7H2,1H3,(H,17,18). The zero-order valence-electron chi connectivity index (χ0n) is 11.0. The van der Waals surface area contributed by atoms with Crippen LogP contribution in [0, 0.1) is 10.1 Å². The SMILES string of the molecule is Cn1nc(-c2cccc([N+](=O)[O-])c2)cc(CC(=O)O)c1=O. The summed E-state index contributed by atoms with van der Waals surface area (Å²) in [6.07, 6.45) is -0.433. The number of aliphatic carboxylic acids is 1. The Kier molecular flexibility index (Phi) is 3.79. The number of carboxylic acids is 1. The van der Waals surface area contributed by atoms with Crippen LogP contribution in [0.3, 0.4) is 0 Å². The molecule has 21 heavy (non-hydrogen) atoms. The van der Waals surface area contributed by atoms with Crippen LogP contribution < -0.4 is 5.56 Å². The van der Waals surface area contributed by atoms with E-state index in [0.717, 1.165) is 4.68 Å². The monoisotopic (exact) mass is 289 g/mol. The Hall–Kier alpha value is -3.03. The van der Waals surface area contributed by atoms with Crippen LogP contribution in [0.5, 0.6) is 0 Å². The van der Waals surface area contributed by atoms with Crippen molar-refractivity contribution in [3.63, 3.8) is 0 Å². The summed E-state index contributed by atoms with van der Waals surface area (Å²) in [6, 6.07) is 7.10. The second kappa shape index (κ2) is 5.53. The molecule has 0 bridgehead atoms. The fraction of sp³-hybridized carbons (Fsp3) is 0.154. The van der Waals surface area contributed by atoms with Gasteiger partial charge in [-0.3, -0.25) is 19.7 Å². The van der Waals surface area contributed by atoms with Crippen molar-refractivity contribution >= 4 is 11.7 Å². The van der Waals surface area contributed by atoms with Gasteiger partial charge in [0.05, 0.1) is 17.0 Å². The third-order valence-electron chi connectivity index (χ3n) is 2.83. The highest BCUT2D eigenvalue weighted by Gasteiger charge is 2.13. The molecule has 0 aliphatic rings. The number of non-ortho nitro benzene ring substituents is 1. The van der Waals surface area contributed by atoms with Crippen LogP contribution in [0.2, 0.25) is 0 Å². The molecular formula is C13H11N3O5. The van der Waals surface area contributed by atoms with Gasteiger partial charge in [-0.25, -0.2) is 4.68 Å². The van der Waals surface area contributed by atoms with Crippen molar-refractivity contribution < 1.29 is 14.8 Å². The first-order chi connectivity index (χ1) is 9.88. The van der Waals surface area contributed by atoms with E-state index in [0.29, 0.717) is 11.3 Å². The third kappa shape index (κ3) is 3.11. The summed E-state index contributed by atoms with van der Waals surface area (Å²) in [4.78, 5) is 32.8. The Morgan fingerprint density at radius 3 is 2.76 bits per heavy atom. The molecule has 0 saturated heterocycles. The molecular weight excluding hydrogens is 278 g/mol. The molecule has 8 heteroatoms. The van der Waals surface area contributed by atoms with E-state index in [4.69, 9.17) is 5.11 Å². The van der Waals surface area contributed by atoms with Gasteiger partial charge in [0.25, 0.3) is 11.2 Å². The molecule has 8 nitrogen and oxygen atoms in total. The zero-order valence-corrected chi connectivity index (χ0v) is 11.0. The van der Waals surface area contributed by atoms with Gasteiger partial charge in [-0.2, -0.15) is 5.10 Å². The van der Waals surface area contributed by atoms with Crippen molar-refractivity contribution in [1.82, 2.24) is 9.78 Å². The molecule has 108 valence electrons. The number of carbonyl (C=O) groups is 1. The van der Waals surface area contributed by atoms with Crippen LogP contribution in [0.1, 0.15) is 5.56 Å². The lowest BCUT2D eigenvalue weighted by molar-refractivity contribution is -0.384. The maximum absolute atomic E-state index is 11.8. The van der Waals surface area contributed by atoms with Crippen LogP contribution in [-0.2, 0) is 18.3 Å². The second-order valence-electron chi connectivity index (χ2n) is 4.36. The number of carboxylic acid groups (broad SMARTS) is 1. The number of aryl methyl sites for hydroxylation is 1. The van der Waals surface area contributed by atoms with Crippen molar-refractivity contribution in [2.24, 2.45) is 7.05 Å². The third-order valence-corrected chi connectivity index (χ3v) is 2.83. The highest BCUT2D eigenvalue weighted by atomic mass is 16.6. The Balaban J connectivity index is 2.56. The summed E-state index contributed by atoms with van der Waals surface area (Å²) in [5, 5.41) is 23.6. The first-order valence-electron chi connectivity index (χ1n) is 5.92. The topological polar surface area (TPSA) is 115 Å². The lowest BCUT2D eigenvalue weighted by atomic mass is 10.1. The number of rotatable bonds is 4. The number of hydrogen-bond donors (Lipinski definition) is 1. The van der Waals surface area contributed by atoms with Crippen molar-refractivity contribution in [3.8, 4) is 11.3 Å². The van der Waals surface area contributed by atoms with Crippen LogP contribution in [0.25, 0.3) is 11.3 Å². The molecule has 0 spiro atoms. The van der Waals surface area contributed by atoms with E-state index in [1.807, 2.05) is 0 Å². The van der Waals surface area contributed by atoms with Gasteiger partial charge in [0.2, 0.25) is 0 Å². The number of nitro groups is 1. The summed E-state index contributed by atoms with van der Waals surface area (Å²) >= 11 is 0. The van der Waals surface area contributed by atoms with Gasteiger partial charge < -0.3 is 5.11 Å². The zero-order chi connectivity index (χ0) is 15.6. The average molecular weight is 289 g/mol. The lowest BCUT2D eigenvalue weighted by Crippen LogP contribution is -2.25. The van der Waals surface area contributed by atoms with Gasteiger partial charge in [0.1, 0.15) is 0 Å². The molecule has 1 N–H and O–H groups in total. The molecule has 2 aromatic rings. The van der Waals surface area contributed by atoms with E-state index in [1.54, 1.807) is 6.07 Å². The fourth-order valence-corrected chi connectivity index (χ4v) is 1.88. The quantitative estimate of drug-likeness (QED) is 0.662. The molecule has 0 aliphatic heterocycles.